The summed E-state index contributed by atoms with van der Waals surface area (Å²) in [5, 5.41) is 11.5. The van der Waals surface area contributed by atoms with E-state index in [4.69, 9.17) is 5.11 Å². The van der Waals surface area contributed by atoms with Gasteiger partial charge in [-0.1, -0.05) is 6.42 Å². The van der Waals surface area contributed by atoms with Gasteiger partial charge in [0.15, 0.2) is 0 Å². The number of hydrogen-bond acceptors (Lipinski definition) is 4. The first kappa shape index (κ1) is 17.2. The van der Waals surface area contributed by atoms with Crippen molar-refractivity contribution in [1.29, 1.82) is 0 Å². The molecule has 0 saturated heterocycles. The van der Waals surface area contributed by atoms with E-state index >= 15 is 0 Å². The Morgan fingerprint density at radius 2 is 1.77 bits per heavy atom. The summed E-state index contributed by atoms with van der Waals surface area (Å²) in [5.41, 5.74) is 0. The van der Waals surface area contributed by atoms with Crippen molar-refractivity contribution < 1.29 is 23.1 Å². The highest BCUT2D eigenvalue weighted by atomic mass is 32.2. The lowest BCUT2D eigenvalue weighted by Gasteiger charge is -2.25. The third kappa shape index (κ3) is 4.95. The van der Waals surface area contributed by atoms with Crippen LogP contribution in [0.2, 0.25) is 0 Å². The first-order valence-electron chi connectivity index (χ1n) is 7.85. The largest absolute Gasteiger partial charge is 0.481 e. The number of carbonyl (C=O) groups excluding carboxylic acids is 1. The van der Waals surface area contributed by atoms with Gasteiger partial charge in [-0.3, -0.25) is 9.59 Å². The monoisotopic (exact) mass is 332 g/mol. The van der Waals surface area contributed by atoms with Crippen LogP contribution in [0.15, 0.2) is 0 Å². The van der Waals surface area contributed by atoms with E-state index in [0.717, 1.165) is 12.8 Å². The molecule has 0 aliphatic heterocycles. The van der Waals surface area contributed by atoms with Crippen LogP contribution in [-0.2, 0) is 19.6 Å². The summed E-state index contributed by atoms with van der Waals surface area (Å²) >= 11 is 0. The first-order valence-corrected chi connectivity index (χ1v) is 9.50. The van der Waals surface area contributed by atoms with Crippen molar-refractivity contribution in [1.82, 2.24) is 10.0 Å². The summed E-state index contributed by atoms with van der Waals surface area (Å²) < 4.78 is 26.1. The van der Waals surface area contributed by atoms with Gasteiger partial charge < -0.3 is 10.4 Å². The molecule has 8 heteroatoms. The lowest BCUT2D eigenvalue weighted by atomic mass is 9.86. The van der Waals surface area contributed by atoms with Gasteiger partial charge in [0.25, 0.3) is 0 Å². The Morgan fingerprint density at radius 1 is 1.09 bits per heavy atom. The molecule has 7 nitrogen and oxygen atoms in total. The molecule has 126 valence electrons. The van der Waals surface area contributed by atoms with E-state index in [9.17, 15) is 18.0 Å². The maximum Gasteiger partial charge on any atom is 0.306 e. The number of sulfonamides is 1. The molecule has 0 radical (unpaired) electrons. The van der Waals surface area contributed by atoms with E-state index in [1.165, 1.54) is 6.42 Å². The van der Waals surface area contributed by atoms with Gasteiger partial charge in [-0.25, -0.2) is 13.1 Å². The predicted octanol–water partition coefficient (Wildman–Crippen LogP) is 0.323. The summed E-state index contributed by atoms with van der Waals surface area (Å²) in [5.74, 6) is -1.55. The van der Waals surface area contributed by atoms with Crippen LogP contribution in [0.25, 0.3) is 0 Å². The fourth-order valence-electron chi connectivity index (χ4n) is 2.91. The molecule has 2 saturated carbocycles. The van der Waals surface area contributed by atoms with Gasteiger partial charge in [0, 0.05) is 19.0 Å². The quantitative estimate of drug-likeness (QED) is 0.593. The molecular weight excluding hydrogens is 308 g/mol. The molecule has 3 N–H and O–H groups in total. The molecule has 2 rings (SSSR count). The van der Waals surface area contributed by atoms with Crippen LogP contribution < -0.4 is 10.0 Å². The second-order valence-electron chi connectivity index (χ2n) is 6.30. The van der Waals surface area contributed by atoms with Gasteiger partial charge in [0.05, 0.1) is 11.7 Å². The van der Waals surface area contributed by atoms with Crippen molar-refractivity contribution in [2.75, 3.05) is 18.8 Å². The maximum atomic E-state index is 11.9. The van der Waals surface area contributed by atoms with E-state index < -0.39 is 21.9 Å². The van der Waals surface area contributed by atoms with Crippen molar-refractivity contribution in [3.8, 4) is 0 Å². The van der Waals surface area contributed by atoms with Gasteiger partial charge in [0.1, 0.15) is 0 Å². The predicted molar refractivity (Wildman–Crippen MR) is 80.6 cm³/mol. The average molecular weight is 332 g/mol. The van der Waals surface area contributed by atoms with Gasteiger partial charge in [-0.05, 0) is 38.0 Å². The molecule has 2 fully saturated rings. The lowest BCUT2D eigenvalue weighted by molar-refractivity contribution is -0.141. The molecule has 0 aromatic rings. The van der Waals surface area contributed by atoms with E-state index in [2.05, 4.69) is 10.0 Å². The fourth-order valence-corrected chi connectivity index (χ4v) is 3.92. The van der Waals surface area contributed by atoms with Gasteiger partial charge in [0.2, 0.25) is 15.9 Å². The lowest BCUT2D eigenvalue weighted by Crippen LogP contribution is -2.39. The molecule has 1 amide bonds. The summed E-state index contributed by atoms with van der Waals surface area (Å²) in [6.45, 7) is 0.548. The Kier molecular flexibility index (Phi) is 5.80. The van der Waals surface area contributed by atoms with Crippen molar-refractivity contribution in [2.24, 2.45) is 17.8 Å². The molecule has 0 unspecified atom stereocenters. The Bertz CT molecular complexity index is 515. The summed E-state index contributed by atoms with van der Waals surface area (Å²) in [4.78, 5) is 22.8. The smallest absolute Gasteiger partial charge is 0.306 e. The van der Waals surface area contributed by atoms with Crippen LogP contribution >= 0.6 is 0 Å². The van der Waals surface area contributed by atoms with Crippen LogP contribution in [0.3, 0.4) is 0 Å². The molecule has 22 heavy (non-hydrogen) atoms. The van der Waals surface area contributed by atoms with E-state index in [1.54, 1.807) is 0 Å². The minimum atomic E-state index is -3.36. The third-order valence-electron chi connectivity index (χ3n) is 4.64. The van der Waals surface area contributed by atoms with Crippen LogP contribution in [0, 0.1) is 17.8 Å². The Labute approximate surface area is 130 Å². The molecule has 0 spiro atoms. The molecule has 2 aliphatic rings. The molecule has 2 aliphatic carbocycles. The summed E-state index contributed by atoms with van der Waals surface area (Å²) in [7, 11) is -3.36. The Morgan fingerprint density at radius 3 is 2.32 bits per heavy atom. The van der Waals surface area contributed by atoms with Crippen LogP contribution in [0.5, 0.6) is 0 Å². The standard InChI is InChI=1S/C14H24N2O5S/c17-13(11-4-5-12(8-11)14(18)19)15-6-7-22(20,21)16-9-10-2-1-3-10/h10-12,16H,1-9H2,(H,15,17)(H,18,19)/t11-,12+/m0/s1. The van der Waals surface area contributed by atoms with E-state index in [0.29, 0.717) is 31.7 Å². The summed E-state index contributed by atoms with van der Waals surface area (Å²) in [6.07, 6.45) is 4.72. The molecule has 0 aromatic heterocycles. The zero-order chi connectivity index (χ0) is 16.2. The Balaban J connectivity index is 1.64. The highest BCUT2D eigenvalue weighted by molar-refractivity contribution is 7.89. The highest BCUT2D eigenvalue weighted by Crippen LogP contribution is 2.31. The first-order chi connectivity index (χ1) is 10.4. The van der Waals surface area contributed by atoms with Gasteiger partial charge >= 0.3 is 5.97 Å². The zero-order valence-electron chi connectivity index (χ0n) is 12.6. The van der Waals surface area contributed by atoms with Crippen LogP contribution in [0.1, 0.15) is 38.5 Å². The number of aliphatic carboxylic acids is 1. The molecular formula is C14H24N2O5S. The zero-order valence-corrected chi connectivity index (χ0v) is 13.4. The minimum absolute atomic E-state index is 0.0626. The van der Waals surface area contributed by atoms with E-state index in [-0.39, 0.29) is 24.1 Å². The summed E-state index contributed by atoms with van der Waals surface area (Å²) in [6, 6.07) is 0. The molecule has 0 bridgehead atoms. The SMILES string of the molecule is O=C(O)[C@@H]1CC[C@H](C(=O)NCCS(=O)(=O)NCC2CCC2)C1. The van der Waals surface area contributed by atoms with Crippen molar-refractivity contribution in [2.45, 2.75) is 38.5 Å². The fraction of sp³-hybridized carbons (Fsp3) is 0.857. The highest BCUT2D eigenvalue weighted by Gasteiger charge is 2.33. The number of carboxylic acids is 1. The normalized spacial score (nSPS) is 25.6. The molecule has 2 atom stereocenters. The number of hydrogen-bond donors (Lipinski definition) is 3. The second kappa shape index (κ2) is 7.41. The van der Waals surface area contributed by atoms with Crippen molar-refractivity contribution in [3.63, 3.8) is 0 Å². The number of amides is 1. The topological polar surface area (TPSA) is 113 Å². The number of carboxylic acid groups (broad SMARTS) is 1. The maximum absolute atomic E-state index is 11.9. The molecule has 0 aromatic carbocycles. The average Bonchev–Trinajstić information content (AvgIpc) is 2.86. The number of rotatable bonds is 8. The van der Waals surface area contributed by atoms with E-state index in [1.807, 2.05) is 0 Å². The van der Waals surface area contributed by atoms with Gasteiger partial charge in [-0.2, -0.15) is 0 Å². The third-order valence-corrected chi connectivity index (χ3v) is 5.99. The second-order valence-corrected chi connectivity index (χ2v) is 8.23. The molecule has 0 heterocycles. The van der Waals surface area contributed by atoms with Crippen LogP contribution in [0.4, 0.5) is 0 Å². The number of nitrogens with one attached hydrogen (secondary N) is 2. The minimum Gasteiger partial charge on any atom is -0.481 e. The van der Waals surface area contributed by atoms with Gasteiger partial charge in [-0.15, -0.1) is 0 Å². The van der Waals surface area contributed by atoms with Crippen molar-refractivity contribution >= 4 is 21.9 Å². The Hall–Kier alpha value is -1.15. The van der Waals surface area contributed by atoms with Crippen LogP contribution in [-0.4, -0.2) is 44.2 Å². The number of carbonyl (C=O) groups is 2. The van der Waals surface area contributed by atoms with Crippen molar-refractivity contribution in [3.05, 3.63) is 0 Å².